The largest absolute Gasteiger partial charge is 0.299 e. The highest BCUT2D eigenvalue weighted by molar-refractivity contribution is 9.09. The zero-order valence-corrected chi connectivity index (χ0v) is 12.1. The van der Waals surface area contributed by atoms with E-state index in [0.717, 1.165) is 35.2 Å². The smallest absolute Gasteiger partial charge is 0.131 e. The Morgan fingerprint density at radius 1 is 1.56 bits per heavy atom. The maximum atomic E-state index is 6.23. The van der Waals surface area contributed by atoms with Crippen LogP contribution >= 0.6 is 27.5 Å². The monoisotopic (exact) mass is 305 g/mol. The molecule has 0 N–H and O–H groups in total. The van der Waals surface area contributed by atoms with Gasteiger partial charge in [-0.05, 0) is 25.8 Å². The minimum atomic E-state index is 0.778. The normalized spacial score (nSPS) is 21.9. The van der Waals surface area contributed by atoms with E-state index in [1.54, 1.807) is 4.68 Å². The average molecular weight is 307 g/mol. The third-order valence-corrected chi connectivity index (χ3v) is 4.63. The van der Waals surface area contributed by atoms with Gasteiger partial charge in [-0.25, -0.2) is 0 Å². The predicted octanol–water partition coefficient (Wildman–Crippen LogP) is 2.60. The number of alkyl halides is 1. The van der Waals surface area contributed by atoms with Gasteiger partial charge in [0.05, 0.1) is 5.69 Å². The fourth-order valence-electron chi connectivity index (χ4n) is 2.26. The Morgan fingerprint density at radius 3 is 2.81 bits per heavy atom. The van der Waals surface area contributed by atoms with E-state index in [9.17, 15) is 0 Å². The summed E-state index contributed by atoms with van der Waals surface area (Å²) in [5, 5.41) is 6.22. The van der Waals surface area contributed by atoms with E-state index in [4.69, 9.17) is 11.6 Å². The van der Waals surface area contributed by atoms with Gasteiger partial charge in [0.15, 0.2) is 0 Å². The molecule has 0 aromatic carbocycles. The van der Waals surface area contributed by atoms with Gasteiger partial charge >= 0.3 is 0 Å². The standard InChI is InChI=1S/C11H17BrClN3/c1-8-10(11(13)15(2)14-8)7-16-4-3-9(5-12)6-16/h9H,3-7H2,1-2H3. The Labute approximate surface area is 110 Å². The topological polar surface area (TPSA) is 21.1 Å². The first-order valence-electron chi connectivity index (χ1n) is 5.58. The number of likely N-dealkylation sites (tertiary alicyclic amines) is 1. The van der Waals surface area contributed by atoms with E-state index < -0.39 is 0 Å². The summed E-state index contributed by atoms with van der Waals surface area (Å²) in [7, 11) is 1.89. The number of aromatic nitrogens is 2. The summed E-state index contributed by atoms with van der Waals surface area (Å²) >= 11 is 9.78. The molecule has 1 fully saturated rings. The molecule has 90 valence electrons. The lowest BCUT2D eigenvalue weighted by molar-refractivity contribution is 0.320. The van der Waals surface area contributed by atoms with Crippen LogP contribution in [0.2, 0.25) is 5.15 Å². The van der Waals surface area contributed by atoms with Crippen molar-refractivity contribution < 1.29 is 0 Å². The van der Waals surface area contributed by atoms with Crippen LogP contribution in [0.25, 0.3) is 0 Å². The maximum absolute atomic E-state index is 6.23. The van der Waals surface area contributed by atoms with Gasteiger partial charge in [0.25, 0.3) is 0 Å². The minimum Gasteiger partial charge on any atom is -0.299 e. The first-order valence-corrected chi connectivity index (χ1v) is 7.08. The van der Waals surface area contributed by atoms with Crippen molar-refractivity contribution in [3.05, 3.63) is 16.4 Å². The second kappa shape index (κ2) is 5.07. The minimum absolute atomic E-state index is 0.778. The molecule has 2 heterocycles. The summed E-state index contributed by atoms with van der Waals surface area (Å²) in [6.07, 6.45) is 1.28. The van der Waals surface area contributed by atoms with Gasteiger partial charge in [0.2, 0.25) is 0 Å². The summed E-state index contributed by atoms with van der Waals surface area (Å²) in [6, 6.07) is 0. The third kappa shape index (κ3) is 2.44. The van der Waals surface area contributed by atoms with Crippen LogP contribution in [0.15, 0.2) is 0 Å². The molecule has 1 aliphatic heterocycles. The van der Waals surface area contributed by atoms with E-state index in [1.807, 2.05) is 14.0 Å². The van der Waals surface area contributed by atoms with Crippen LogP contribution in [-0.4, -0.2) is 33.1 Å². The molecule has 0 amide bonds. The Kier molecular flexibility index (Phi) is 3.93. The number of aryl methyl sites for hydroxylation is 2. The van der Waals surface area contributed by atoms with E-state index >= 15 is 0 Å². The van der Waals surface area contributed by atoms with Crippen molar-refractivity contribution in [3.8, 4) is 0 Å². The van der Waals surface area contributed by atoms with Crippen molar-refractivity contribution in [1.82, 2.24) is 14.7 Å². The molecule has 1 aliphatic rings. The lowest BCUT2D eigenvalue weighted by Gasteiger charge is -2.15. The second-order valence-electron chi connectivity index (χ2n) is 4.52. The summed E-state index contributed by atoms with van der Waals surface area (Å²) in [5.74, 6) is 0.788. The highest BCUT2D eigenvalue weighted by Crippen LogP contribution is 2.25. The second-order valence-corrected chi connectivity index (χ2v) is 5.53. The van der Waals surface area contributed by atoms with Crippen LogP contribution in [0.1, 0.15) is 17.7 Å². The van der Waals surface area contributed by atoms with Gasteiger partial charge in [-0.15, -0.1) is 0 Å². The predicted molar refractivity (Wildman–Crippen MR) is 70.1 cm³/mol. The fourth-order valence-corrected chi connectivity index (χ4v) is 3.02. The highest BCUT2D eigenvalue weighted by Gasteiger charge is 2.23. The van der Waals surface area contributed by atoms with Crippen molar-refractivity contribution in [1.29, 1.82) is 0 Å². The zero-order valence-electron chi connectivity index (χ0n) is 9.71. The molecule has 0 radical (unpaired) electrons. The molecular weight excluding hydrogens is 289 g/mol. The molecule has 1 aromatic heterocycles. The van der Waals surface area contributed by atoms with Gasteiger partial charge in [-0.3, -0.25) is 9.58 Å². The molecule has 0 aliphatic carbocycles. The Bertz CT molecular complexity index is 378. The van der Waals surface area contributed by atoms with Crippen molar-refractivity contribution in [3.63, 3.8) is 0 Å². The lowest BCUT2D eigenvalue weighted by atomic mass is 10.2. The maximum Gasteiger partial charge on any atom is 0.131 e. The third-order valence-electron chi connectivity index (χ3n) is 3.24. The molecule has 3 nitrogen and oxygen atoms in total. The Hall–Kier alpha value is -0.0600. The quantitative estimate of drug-likeness (QED) is 0.801. The van der Waals surface area contributed by atoms with Crippen LogP contribution in [0.5, 0.6) is 0 Å². The first-order chi connectivity index (χ1) is 7.61. The van der Waals surface area contributed by atoms with Gasteiger partial charge in [0, 0.05) is 31.0 Å². The van der Waals surface area contributed by atoms with Crippen LogP contribution in [-0.2, 0) is 13.6 Å². The van der Waals surface area contributed by atoms with Crippen molar-refractivity contribution in [2.45, 2.75) is 19.9 Å². The van der Waals surface area contributed by atoms with Crippen LogP contribution in [0, 0.1) is 12.8 Å². The first kappa shape index (κ1) is 12.4. The molecule has 16 heavy (non-hydrogen) atoms. The Balaban J connectivity index is 2.04. The van der Waals surface area contributed by atoms with Crippen molar-refractivity contribution in [2.24, 2.45) is 13.0 Å². The number of hydrogen-bond donors (Lipinski definition) is 0. The summed E-state index contributed by atoms with van der Waals surface area (Å²) < 4.78 is 1.75. The average Bonchev–Trinajstić information content (AvgIpc) is 2.80. The van der Waals surface area contributed by atoms with Gasteiger partial charge in [0.1, 0.15) is 5.15 Å². The van der Waals surface area contributed by atoms with Crippen molar-refractivity contribution in [2.75, 3.05) is 18.4 Å². The molecular formula is C11H17BrClN3. The van der Waals surface area contributed by atoms with E-state index in [1.165, 1.54) is 18.5 Å². The van der Waals surface area contributed by atoms with Crippen LogP contribution in [0.4, 0.5) is 0 Å². The SMILES string of the molecule is Cc1nn(C)c(Cl)c1CN1CCC(CBr)C1. The summed E-state index contributed by atoms with van der Waals surface area (Å²) in [6.45, 7) is 5.29. The molecule has 0 spiro atoms. The molecule has 1 aromatic rings. The highest BCUT2D eigenvalue weighted by atomic mass is 79.9. The Morgan fingerprint density at radius 2 is 2.31 bits per heavy atom. The number of nitrogens with zero attached hydrogens (tertiary/aromatic N) is 3. The lowest BCUT2D eigenvalue weighted by Crippen LogP contribution is -2.20. The summed E-state index contributed by atoms with van der Waals surface area (Å²) in [4.78, 5) is 2.46. The molecule has 0 bridgehead atoms. The molecule has 5 heteroatoms. The zero-order chi connectivity index (χ0) is 11.7. The molecule has 2 rings (SSSR count). The number of rotatable bonds is 3. The molecule has 1 unspecified atom stereocenters. The van der Waals surface area contributed by atoms with Gasteiger partial charge in [-0.2, -0.15) is 5.10 Å². The van der Waals surface area contributed by atoms with Crippen LogP contribution < -0.4 is 0 Å². The molecule has 1 atom stereocenters. The molecule has 1 saturated heterocycles. The molecule has 0 saturated carbocycles. The van der Waals surface area contributed by atoms with Gasteiger partial charge in [-0.1, -0.05) is 27.5 Å². The number of halogens is 2. The van der Waals surface area contributed by atoms with Gasteiger partial charge < -0.3 is 0 Å². The number of hydrogen-bond acceptors (Lipinski definition) is 2. The van der Waals surface area contributed by atoms with E-state index in [-0.39, 0.29) is 0 Å². The van der Waals surface area contributed by atoms with Crippen molar-refractivity contribution >= 4 is 27.5 Å². The van der Waals surface area contributed by atoms with E-state index in [2.05, 4.69) is 25.9 Å². The van der Waals surface area contributed by atoms with Crippen LogP contribution in [0.3, 0.4) is 0 Å². The van der Waals surface area contributed by atoms with E-state index in [0.29, 0.717) is 0 Å². The summed E-state index contributed by atoms with van der Waals surface area (Å²) in [5.41, 5.74) is 2.23. The fraction of sp³-hybridized carbons (Fsp3) is 0.727.